The Bertz CT molecular complexity index is 460. The third kappa shape index (κ3) is 5.50. The number of carbonyl (C=O) groups excluding carboxylic acids is 1. The van der Waals surface area contributed by atoms with E-state index in [0.29, 0.717) is 12.6 Å². The summed E-state index contributed by atoms with van der Waals surface area (Å²) in [5, 5.41) is 3.07. The third-order valence-electron chi connectivity index (χ3n) is 3.97. The van der Waals surface area contributed by atoms with Crippen LogP contribution < -0.4 is 5.32 Å². The van der Waals surface area contributed by atoms with Crippen LogP contribution in [0, 0.1) is 5.92 Å². The molecule has 1 fully saturated rings. The lowest BCUT2D eigenvalue weighted by Crippen LogP contribution is -2.48. The predicted octanol–water partition coefficient (Wildman–Crippen LogP) is 3.20. The molecule has 3 heteroatoms. The van der Waals surface area contributed by atoms with Gasteiger partial charge in [-0.1, -0.05) is 30.3 Å². The average Bonchev–Trinajstić information content (AvgIpc) is 3.20. The van der Waals surface area contributed by atoms with Crippen LogP contribution in [0.2, 0.25) is 0 Å². The summed E-state index contributed by atoms with van der Waals surface area (Å²) in [5.74, 6) is 0.877. The second kappa shape index (κ2) is 6.61. The van der Waals surface area contributed by atoms with Crippen molar-refractivity contribution in [3.63, 3.8) is 0 Å². The monoisotopic (exact) mass is 288 g/mol. The van der Waals surface area contributed by atoms with Gasteiger partial charge < -0.3 is 5.32 Å². The molecule has 0 saturated heterocycles. The van der Waals surface area contributed by atoms with Crippen molar-refractivity contribution in [1.29, 1.82) is 0 Å². The van der Waals surface area contributed by atoms with Gasteiger partial charge in [0.2, 0.25) is 5.91 Å². The summed E-state index contributed by atoms with van der Waals surface area (Å²) < 4.78 is 0. The van der Waals surface area contributed by atoms with Crippen LogP contribution in [0.5, 0.6) is 0 Å². The van der Waals surface area contributed by atoms with E-state index in [1.165, 1.54) is 18.4 Å². The standard InChI is InChI=1S/C18H28N2O/c1-14(16-10-11-16)20(12-15-8-6-5-7-9-15)13-17(21)19-18(2,3)4/h5-9,14,16H,10-13H2,1-4H3,(H,19,21). The number of rotatable bonds is 6. The van der Waals surface area contributed by atoms with E-state index in [9.17, 15) is 4.79 Å². The third-order valence-corrected chi connectivity index (χ3v) is 3.97. The Balaban J connectivity index is 2.00. The largest absolute Gasteiger partial charge is 0.350 e. The van der Waals surface area contributed by atoms with Crippen molar-refractivity contribution in [1.82, 2.24) is 10.2 Å². The molecule has 1 aliphatic rings. The number of hydrogen-bond acceptors (Lipinski definition) is 2. The van der Waals surface area contributed by atoms with Crippen LogP contribution in [-0.4, -0.2) is 28.9 Å². The Hall–Kier alpha value is -1.35. The molecular formula is C18H28N2O. The lowest BCUT2D eigenvalue weighted by atomic mass is 10.1. The van der Waals surface area contributed by atoms with Crippen LogP contribution in [0.3, 0.4) is 0 Å². The fourth-order valence-electron chi connectivity index (χ4n) is 2.68. The molecule has 21 heavy (non-hydrogen) atoms. The van der Waals surface area contributed by atoms with Crippen molar-refractivity contribution >= 4 is 5.91 Å². The molecule has 0 spiro atoms. The van der Waals surface area contributed by atoms with Crippen LogP contribution in [0.25, 0.3) is 0 Å². The summed E-state index contributed by atoms with van der Waals surface area (Å²) in [4.78, 5) is 14.6. The Morgan fingerprint density at radius 1 is 1.29 bits per heavy atom. The summed E-state index contributed by atoms with van der Waals surface area (Å²) >= 11 is 0. The molecule has 0 heterocycles. The summed E-state index contributed by atoms with van der Waals surface area (Å²) in [7, 11) is 0. The molecule has 3 nitrogen and oxygen atoms in total. The molecule has 1 aromatic carbocycles. The minimum absolute atomic E-state index is 0.117. The van der Waals surface area contributed by atoms with E-state index < -0.39 is 0 Å². The van der Waals surface area contributed by atoms with Gasteiger partial charge in [0.05, 0.1) is 6.54 Å². The second-order valence-electron chi connectivity index (χ2n) is 7.27. The summed E-state index contributed by atoms with van der Waals surface area (Å²) in [6.45, 7) is 9.65. The Labute approximate surface area is 128 Å². The maximum atomic E-state index is 12.3. The molecule has 1 N–H and O–H groups in total. The minimum Gasteiger partial charge on any atom is -0.350 e. The van der Waals surface area contributed by atoms with E-state index in [-0.39, 0.29) is 11.4 Å². The first-order valence-electron chi connectivity index (χ1n) is 7.94. The fraction of sp³-hybridized carbons (Fsp3) is 0.611. The van der Waals surface area contributed by atoms with Crippen LogP contribution in [0.4, 0.5) is 0 Å². The molecular weight excluding hydrogens is 260 g/mol. The zero-order chi connectivity index (χ0) is 15.5. The van der Waals surface area contributed by atoms with Crippen molar-refractivity contribution in [3.05, 3.63) is 35.9 Å². The quantitative estimate of drug-likeness (QED) is 0.872. The number of carbonyl (C=O) groups is 1. The molecule has 0 radical (unpaired) electrons. The normalized spacial score (nSPS) is 16.8. The van der Waals surface area contributed by atoms with E-state index >= 15 is 0 Å². The molecule has 0 aliphatic heterocycles. The van der Waals surface area contributed by atoms with Crippen molar-refractivity contribution in [2.75, 3.05) is 6.54 Å². The Kier molecular flexibility index (Phi) is 5.04. The first-order chi connectivity index (χ1) is 9.85. The van der Waals surface area contributed by atoms with Crippen molar-refractivity contribution in [3.8, 4) is 0 Å². The summed E-state index contributed by atoms with van der Waals surface area (Å²) in [5.41, 5.74) is 1.10. The molecule has 1 aliphatic carbocycles. The Morgan fingerprint density at radius 2 is 1.90 bits per heavy atom. The van der Waals surface area contributed by atoms with Gasteiger partial charge in [0.1, 0.15) is 0 Å². The van der Waals surface area contributed by atoms with E-state index in [1.54, 1.807) is 0 Å². The number of amides is 1. The highest BCUT2D eigenvalue weighted by atomic mass is 16.2. The molecule has 0 bridgehead atoms. The highest BCUT2D eigenvalue weighted by Crippen LogP contribution is 2.35. The van der Waals surface area contributed by atoms with Gasteiger partial charge in [0, 0.05) is 18.1 Å². The zero-order valence-corrected chi connectivity index (χ0v) is 13.7. The molecule has 2 rings (SSSR count). The zero-order valence-electron chi connectivity index (χ0n) is 13.7. The van der Waals surface area contributed by atoms with E-state index in [2.05, 4.69) is 41.4 Å². The van der Waals surface area contributed by atoms with Crippen molar-refractivity contribution in [2.24, 2.45) is 5.92 Å². The van der Waals surface area contributed by atoms with Gasteiger partial charge in [-0.2, -0.15) is 0 Å². The molecule has 1 unspecified atom stereocenters. The van der Waals surface area contributed by atoms with Gasteiger partial charge in [-0.05, 0) is 52.0 Å². The smallest absolute Gasteiger partial charge is 0.234 e. The number of benzene rings is 1. The maximum Gasteiger partial charge on any atom is 0.234 e. The molecule has 1 amide bonds. The van der Waals surface area contributed by atoms with Crippen LogP contribution >= 0.6 is 0 Å². The van der Waals surface area contributed by atoms with Gasteiger partial charge >= 0.3 is 0 Å². The number of nitrogens with one attached hydrogen (secondary N) is 1. The number of hydrogen-bond donors (Lipinski definition) is 1. The highest BCUT2D eigenvalue weighted by Gasteiger charge is 2.33. The van der Waals surface area contributed by atoms with Crippen LogP contribution in [0.15, 0.2) is 30.3 Å². The fourth-order valence-corrected chi connectivity index (χ4v) is 2.68. The molecule has 1 atom stereocenters. The minimum atomic E-state index is -0.168. The van der Waals surface area contributed by atoms with Gasteiger partial charge in [0.15, 0.2) is 0 Å². The topological polar surface area (TPSA) is 32.3 Å². The average molecular weight is 288 g/mol. The van der Waals surface area contributed by atoms with Crippen molar-refractivity contribution < 1.29 is 4.79 Å². The lowest BCUT2D eigenvalue weighted by molar-refractivity contribution is -0.124. The second-order valence-corrected chi connectivity index (χ2v) is 7.27. The summed E-state index contributed by atoms with van der Waals surface area (Å²) in [6.07, 6.45) is 2.60. The van der Waals surface area contributed by atoms with E-state index in [0.717, 1.165) is 12.5 Å². The molecule has 1 aromatic rings. The molecule has 116 valence electrons. The SMILES string of the molecule is CC(C1CC1)N(CC(=O)NC(C)(C)C)Cc1ccccc1. The predicted molar refractivity (Wildman–Crippen MR) is 86.9 cm³/mol. The maximum absolute atomic E-state index is 12.3. The highest BCUT2D eigenvalue weighted by molar-refractivity contribution is 5.78. The van der Waals surface area contributed by atoms with Crippen LogP contribution in [0.1, 0.15) is 46.1 Å². The summed E-state index contributed by atoms with van der Waals surface area (Å²) in [6, 6.07) is 10.9. The van der Waals surface area contributed by atoms with Gasteiger partial charge in [-0.25, -0.2) is 0 Å². The van der Waals surface area contributed by atoms with E-state index in [1.807, 2.05) is 26.8 Å². The number of nitrogens with zero attached hydrogens (tertiary/aromatic N) is 1. The van der Waals surface area contributed by atoms with Crippen LogP contribution in [-0.2, 0) is 11.3 Å². The molecule has 1 saturated carbocycles. The lowest BCUT2D eigenvalue weighted by Gasteiger charge is -2.30. The Morgan fingerprint density at radius 3 is 2.43 bits per heavy atom. The molecule has 0 aromatic heterocycles. The van der Waals surface area contributed by atoms with Gasteiger partial charge in [-0.15, -0.1) is 0 Å². The first kappa shape index (κ1) is 16.0. The van der Waals surface area contributed by atoms with E-state index in [4.69, 9.17) is 0 Å². The van der Waals surface area contributed by atoms with Crippen molar-refractivity contribution in [2.45, 2.75) is 58.7 Å². The first-order valence-corrected chi connectivity index (χ1v) is 7.94. The van der Waals surface area contributed by atoms with Gasteiger partial charge in [0.25, 0.3) is 0 Å². The van der Waals surface area contributed by atoms with Gasteiger partial charge in [-0.3, -0.25) is 9.69 Å².